The quantitative estimate of drug-likeness (QED) is 0.237. The van der Waals surface area contributed by atoms with Crippen LogP contribution in [0.2, 0.25) is 5.02 Å². The van der Waals surface area contributed by atoms with Crippen molar-refractivity contribution in [3.8, 4) is 5.69 Å². The van der Waals surface area contributed by atoms with Gasteiger partial charge >= 0.3 is 12.2 Å². The van der Waals surface area contributed by atoms with Crippen LogP contribution in [0.15, 0.2) is 78.0 Å². The summed E-state index contributed by atoms with van der Waals surface area (Å²) in [6, 6.07) is 18.5. The number of nitrogens with one attached hydrogen (secondary N) is 2. The molecule has 0 saturated carbocycles. The zero-order valence-corrected chi connectivity index (χ0v) is 21.5. The molecule has 1 atom stereocenters. The van der Waals surface area contributed by atoms with E-state index in [2.05, 4.69) is 20.8 Å². The fraction of sp³-hybridized carbons (Fsp3) is 0.192. The summed E-state index contributed by atoms with van der Waals surface area (Å²) in [5, 5.41) is 15.2. The van der Waals surface area contributed by atoms with Gasteiger partial charge in [0.15, 0.2) is 11.0 Å². The summed E-state index contributed by atoms with van der Waals surface area (Å²) in [5.41, 5.74) is 2.27. The maximum atomic E-state index is 12.8. The minimum Gasteiger partial charge on any atom is -0.328 e. The fourth-order valence-corrected chi connectivity index (χ4v) is 4.67. The molecule has 0 fully saturated rings. The zero-order valence-electron chi connectivity index (χ0n) is 19.9. The van der Waals surface area contributed by atoms with E-state index in [4.69, 9.17) is 11.6 Å². The lowest BCUT2D eigenvalue weighted by molar-refractivity contribution is -0.137. The molecule has 1 aromatic heterocycles. The number of amides is 2. The van der Waals surface area contributed by atoms with E-state index in [0.717, 1.165) is 28.9 Å². The summed E-state index contributed by atoms with van der Waals surface area (Å²) < 4.78 is 40.3. The summed E-state index contributed by atoms with van der Waals surface area (Å²) in [6.07, 6.45) is -4.45. The Morgan fingerprint density at radius 1 is 1.05 bits per heavy atom. The number of hydrogen-bond acceptors (Lipinski definition) is 4. The molecule has 4 aromatic rings. The van der Waals surface area contributed by atoms with Gasteiger partial charge in [0.2, 0.25) is 0 Å². The molecule has 192 valence electrons. The van der Waals surface area contributed by atoms with Crippen molar-refractivity contribution < 1.29 is 18.0 Å². The molecule has 11 heteroatoms. The van der Waals surface area contributed by atoms with Crippen LogP contribution in [0, 0.1) is 6.92 Å². The third-order valence-corrected chi connectivity index (χ3v) is 6.72. The molecule has 0 radical (unpaired) electrons. The van der Waals surface area contributed by atoms with E-state index in [0.29, 0.717) is 21.8 Å². The first-order valence-corrected chi connectivity index (χ1v) is 12.6. The maximum absolute atomic E-state index is 12.8. The van der Waals surface area contributed by atoms with Crippen molar-refractivity contribution >= 4 is 35.1 Å². The molecule has 2 amide bonds. The number of benzene rings is 3. The van der Waals surface area contributed by atoms with Gasteiger partial charge in [0.05, 0.1) is 17.3 Å². The van der Waals surface area contributed by atoms with E-state index in [1.165, 1.54) is 23.9 Å². The SMILES string of the molecule is Cc1ccc(Cl)cc1-n1c(SCc2ccccc2)nnc1C(C)NC(=O)Nc1ccc(C(F)(F)F)cc1. The number of alkyl halides is 3. The summed E-state index contributed by atoms with van der Waals surface area (Å²) >= 11 is 7.79. The number of rotatable bonds is 7. The highest BCUT2D eigenvalue weighted by molar-refractivity contribution is 7.98. The molecule has 6 nitrogen and oxygen atoms in total. The van der Waals surface area contributed by atoms with Crippen LogP contribution in [0.1, 0.15) is 35.5 Å². The zero-order chi connectivity index (χ0) is 26.6. The average molecular weight is 546 g/mol. The molecule has 1 heterocycles. The second kappa shape index (κ2) is 11.3. The Kier molecular flexibility index (Phi) is 8.09. The number of aryl methyl sites for hydroxylation is 1. The number of hydrogen-bond donors (Lipinski definition) is 2. The standard InChI is InChI=1S/C26H23ClF3N5OS/c1-16-8-11-20(27)14-22(16)35-23(33-34-25(35)37-15-18-6-4-3-5-7-18)17(2)31-24(36)32-21-12-9-19(10-13-21)26(28,29)30/h3-14,17H,15H2,1-2H3,(H2,31,32,36). The van der Waals surface area contributed by atoms with Gasteiger partial charge in [-0.3, -0.25) is 4.57 Å². The summed E-state index contributed by atoms with van der Waals surface area (Å²) in [5.74, 6) is 1.14. The van der Waals surface area contributed by atoms with E-state index in [1.54, 1.807) is 13.0 Å². The van der Waals surface area contributed by atoms with E-state index >= 15 is 0 Å². The van der Waals surface area contributed by atoms with Gasteiger partial charge in [0.1, 0.15) is 0 Å². The molecule has 4 rings (SSSR count). The predicted molar refractivity (Wildman–Crippen MR) is 139 cm³/mol. The van der Waals surface area contributed by atoms with Crippen LogP contribution in [-0.4, -0.2) is 20.8 Å². The molecule has 0 aliphatic rings. The van der Waals surface area contributed by atoms with Gasteiger partial charge in [0, 0.05) is 16.5 Å². The Labute approximate surface area is 221 Å². The van der Waals surface area contributed by atoms with Crippen LogP contribution in [-0.2, 0) is 11.9 Å². The highest BCUT2D eigenvalue weighted by Gasteiger charge is 2.30. The molecule has 0 aliphatic carbocycles. The molecular formula is C26H23ClF3N5OS. The normalized spacial score (nSPS) is 12.3. The van der Waals surface area contributed by atoms with Gasteiger partial charge in [0.25, 0.3) is 0 Å². The Morgan fingerprint density at radius 3 is 2.43 bits per heavy atom. The second-order valence-corrected chi connectivity index (χ2v) is 9.66. The first-order chi connectivity index (χ1) is 17.6. The lowest BCUT2D eigenvalue weighted by Gasteiger charge is -2.18. The topological polar surface area (TPSA) is 71.8 Å². The average Bonchev–Trinajstić information content (AvgIpc) is 3.28. The van der Waals surface area contributed by atoms with Crippen molar-refractivity contribution in [2.75, 3.05) is 5.32 Å². The van der Waals surface area contributed by atoms with E-state index < -0.39 is 23.8 Å². The lowest BCUT2D eigenvalue weighted by atomic mass is 10.2. The van der Waals surface area contributed by atoms with Crippen LogP contribution in [0.25, 0.3) is 5.69 Å². The highest BCUT2D eigenvalue weighted by Crippen LogP contribution is 2.31. The molecule has 3 aromatic carbocycles. The van der Waals surface area contributed by atoms with Crippen molar-refractivity contribution in [2.24, 2.45) is 0 Å². The number of halogens is 4. The number of carbonyl (C=O) groups excluding carboxylic acids is 1. The molecule has 1 unspecified atom stereocenters. The molecule has 0 saturated heterocycles. The van der Waals surface area contributed by atoms with E-state index in [-0.39, 0.29) is 5.69 Å². The monoisotopic (exact) mass is 545 g/mol. The Hall–Kier alpha value is -3.50. The van der Waals surface area contributed by atoms with Crippen LogP contribution in [0.3, 0.4) is 0 Å². The number of thioether (sulfide) groups is 1. The largest absolute Gasteiger partial charge is 0.416 e. The fourth-order valence-electron chi connectivity index (χ4n) is 3.60. The number of carbonyl (C=O) groups is 1. The van der Waals surface area contributed by atoms with Gasteiger partial charge in [-0.05, 0) is 61.4 Å². The van der Waals surface area contributed by atoms with Crippen molar-refractivity contribution in [1.82, 2.24) is 20.1 Å². The van der Waals surface area contributed by atoms with Gasteiger partial charge in [-0.15, -0.1) is 10.2 Å². The van der Waals surface area contributed by atoms with Gasteiger partial charge in [-0.2, -0.15) is 13.2 Å². The van der Waals surface area contributed by atoms with Crippen molar-refractivity contribution in [3.63, 3.8) is 0 Å². The highest BCUT2D eigenvalue weighted by atomic mass is 35.5. The van der Waals surface area contributed by atoms with Gasteiger partial charge < -0.3 is 10.6 Å². The van der Waals surface area contributed by atoms with Crippen LogP contribution in [0.5, 0.6) is 0 Å². The Bertz CT molecular complexity index is 1380. The number of nitrogens with zero attached hydrogens (tertiary/aromatic N) is 3. The van der Waals surface area contributed by atoms with Crippen molar-refractivity contribution in [1.29, 1.82) is 0 Å². The second-order valence-electron chi connectivity index (χ2n) is 8.28. The molecule has 0 bridgehead atoms. The predicted octanol–water partition coefficient (Wildman–Crippen LogP) is 7.42. The molecular weight excluding hydrogens is 523 g/mol. The first kappa shape index (κ1) is 26.6. The maximum Gasteiger partial charge on any atom is 0.416 e. The third-order valence-electron chi connectivity index (χ3n) is 5.49. The number of anilines is 1. The molecule has 0 spiro atoms. The van der Waals surface area contributed by atoms with E-state index in [9.17, 15) is 18.0 Å². The Morgan fingerprint density at radius 2 is 1.76 bits per heavy atom. The summed E-state index contributed by atoms with van der Waals surface area (Å²) in [6.45, 7) is 3.69. The minimum atomic E-state index is -4.45. The van der Waals surface area contributed by atoms with Crippen LogP contribution in [0.4, 0.5) is 23.7 Å². The van der Waals surface area contributed by atoms with Crippen LogP contribution < -0.4 is 10.6 Å². The van der Waals surface area contributed by atoms with Crippen molar-refractivity contribution in [3.05, 3.63) is 100 Å². The summed E-state index contributed by atoms with van der Waals surface area (Å²) in [7, 11) is 0. The smallest absolute Gasteiger partial charge is 0.328 e. The van der Waals surface area contributed by atoms with Crippen molar-refractivity contribution in [2.45, 2.75) is 37.0 Å². The van der Waals surface area contributed by atoms with E-state index in [1.807, 2.05) is 54.0 Å². The van der Waals surface area contributed by atoms with Gasteiger partial charge in [-0.25, -0.2) is 4.79 Å². The number of aromatic nitrogens is 3. The minimum absolute atomic E-state index is 0.226. The first-order valence-electron chi connectivity index (χ1n) is 11.2. The molecule has 37 heavy (non-hydrogen) atoms. The Balaban J connectivity index is 1.56. The number of urea groups is 1. The molecule has 0 aliphatic heterocycles. The lowest BCUT2D eigenvalue weighted by Crippen LogP contribution is -2.32. The summed E-state index contributed by atoms with van der Waals surface area (Å²) in [4.78, 5) is 12.6. The van der Waals surface area contributed by atoms with Gasteiger partial charge in [-0.1, -0.05) is 59.8 Å². The van der Waals surface area contributed by atoms with Crippen LogP contribution >= 0.6 is 23.4 Å². The molecule has 2 N–H and O–H groups in total. The third kappa shape index (κ3) is 6.64.